The smallest absolute Gasteiger partial charge is 0.259 e. The fourth-order valence-electron chi connectivity index (χ4n) is 2.22. The number of carbonyl (C=O) groups is 1. The molecule has 0 radical (unpaired) electrons. The highest BCUT2D eigenvalue weighted by atomic mass is 16.1. The average Bonchev–Trinajstić information content (AvgIpc) is 3.27. The lowest BCUT2D eigenvalue weighted by atomic mass is 10.1. The van der Waals surface area contributed by atoms with E-state index in [1.807, 2.05) is 6.07 Å². The van der Waals surface area contributed by atoms with Crippen molar-refractivity contribution in [1.29, 1.82) is 0 Å². The van der Waals surface area contributed by atoms with Gasteiger partial charge in [0.05, 0.1) is 23.6 Å². The SMILES string of the molecule is O=C(Nc1ccnc2ncnn12)c1ccccc1-n1ccnn1. The molecule has 4 rings (SSSR count). The molecule has 0 bridgehead atoms. The first-order valence-electron chi connectivity index (χ1n) is 6.75. The van der Waals surface area contributed by atoms with E-state index in [1.165, 1.54) is 15.5 Å². The van der Waals surface area contributed by atoms with Crippen molar-refractivity contribution in [2.75, 3.05) is 5.32 Å². The Hall–Kier alpha value is -3.62. The number of hydrogen-bond acceptors (Lipinski definition) is 6. The molecule has 0 unspecified atom stereocenters. The van der Waals surface area contributed by atoms with Crippen molar-refractivity contribution in [2.45, 2.75) is 0 Å². The summed E-state index contributed by atoms with van der Waals surface area (Å²) in [4.78, 5) is 20.7. The molecule has 0 saturated carbocycles. The molecule has 9 heteroatoms. The standard InChI is InChI=1S/C14H10N8O/c23-13(19-12-5-6-15-14-16-9-18-22(12)14)10-3-1-2-4-11(10)21-8-7-17-20-21/h1-9H,(H,19,23). The summed E-state index contributed by atoms with van der Waals surface area (Å²) >= 11 is 0. The molecule has 0 fully saturated rings. The lowest BCUT2D eigenvalue weighted by Crippen LogP contribution is -2.17. The van der Waals surface area contributed by atoms with Gasteiger partial charge in [-0.3, -0.25) is 4.79 Å². The molecule has 0 saturated heterocycles. The second kappa shape index (κ2) is 5.30. The summed E-state index contributed by atoms with van der Waals surface area (Å²) in [5, 5.41) is 14.5. The molecule has 0 spiro atoms. The first kappa shape index (κ1) is 13.1. The van der Waals surface area contributed by atoms with Crippen LogP contribution >= 0.6 is 0 Å². The van der Waals surface area contributed by atoms with Crippen LogP contribution < -0.4 is 5.32 Å². The van der Waals surface area contributed by atoms with Crippen molar-refractivity contribution >= 4 is 17.5 Å². The lowest BCUT2D eigenvalue weighted by Gasteiger charge is -2.10. The number of fused-ring (bicyclic) bond motifs is 1. The molecule has 4 aromatic rings. The molecule has 0 aliphatic carbocycles. The minimum absolute atomic E-state index is 0.292. The van der Waals surface area contributed by atoms with E-state index in [1.54, 1.807) is 42.9 Å². The van der Waals surface area contributed by atoms with Crippen LogP contribution in [0.4, 0.5) is 5.82 Å². The second-order valence-corrected chi connectivity index (χ2v) is 4.62. The van der Waals surface area contributed by atoms with Crippen LogP contribution in [0, 0.1) is 0 Å². The van der Waals surface area contributed by atoms with E-state index >= 15 is 0 Å². The van der Waals surface area contributed by atoms with Gasteiger partial charge in [0.15, 0.2) is 0 Å². The predicted molar refractivity (Wildman–Crippen MR) is 80.1 cm³/mol. The molecule has 1 aromatic carbocycles. The Kier molecular flexibility index (Phi) is 3.01. The molecule has 1 N–H and O–H groups in total. The van der Waals surface area contributed by atoms with E-state index in [-0.39, 0.29) is 5.91 Å². The highest BCUT2D eigenvalue weighted by Gasteiger charge is 2.14. The van der Waals surface area contributed by atoms with Gasteiger partial charge in [-0.2, -0.15) is 14.6 Å². The summed E-state index contributed by atoms with van der Waals surface area (Å²) in [6.45, 7) is 0. The number of para-hydroxylation sites is 1. The third-order valence-corrected chi connectivity index (χ3v) is 3.24. The molecule has 0 atom stereocenters. The normalized spacial score (nSPS) is 10.8. The Morgan fingerprint density at radius 3 is 2.87 bits per heavy atom. The van der Waals surface area contributed by atoms with Crippen LogP contribution in [-0.4, -0.2) is 40.5 Å². The summed E-state index contributed by atoms with van der Waals surface area (Å²) in [5.74, 6) is 0.595. The molecule has 0 aliphatic rings. The summed E-state index contributed by atoms with van der Waals surface area (Å²) < 4.78 is 2.99. The molecule has 9 nitrogen and oxygen atoms in total. The molecular formula is C14H10N8O. The molecule has 0 aliphatic heterocycles. The van der Waals surface area contributed by atoms with E-state index in [9.17, 15) is 4.79 Å². The van der Waals surface area contributed by atoms with Crippen LogP contribution in [0.5, 0.6) is 0 Å². The highest BCUT2D eigenvalue weighted by Crippen LogP contribution is 2.15. The van der Waals surface area contributed by atoms with Gasteiger partial charge in [-0.15, -0.1) is 5.10 Å². The van der Waals surface area contributed by atoms with Gasteiger partial charge >= 0.3 is 0 Å². The average molecular weight is 306 g/mol. The van der Waals surface area contributed by atoms with E-state index in [2.05, 4.69) is 30.7 Å². The minimum atomic E-state index is -0.292. The number of anilines is 1. The fraction of sp³-hybridized carbons (Fsp3) is 0. The first-order valence-corrected chi connectivity index (χ1v) is 6.75. The van der Waals surface area contributed by atoms with E-state index in [0.29, 0.717) is 22.8 Å². The molecule has 3 aromatic heterocycles. The maximum Gasteiger partial charge on any atom is 0.259 e. The highest BCUT2D eigenvalue weighted by molar-refractivity contribution is 6.06. The van der Waals surface area contributed by atoms with Gasteiger partial charge in [-0.25, -0.2) is 9.67 Å². The number of rotatable bonds is 3. The third kappa shape index (κ3) is 2.29. The number of hydrogen-bond donors (Lipinski definition) is 1. The Balaban J connectivity index is 1.72. The van der Waals surface area contributed by atoms with Crippen LogP contribution in [0.25, 0.3) is 11.5 Å². The van der Waals surface area contributed by atoms with Crippen molar-refractivity contribution in [3.63, 3.8) is 0 Å². The molecule has 112 valence electrons. The van der Waals surface area contributed by atoms with Crippen molar-refractivity contribution < 1.29 is 4.79 Å². The number of carbonyl (C=O) groups excluding carboxylic acids is 1. The number of nitrogens with one attached hydrogen (secondary N) is 1. The van der Waals surface area contributed by atoms with Crippen molar-refractivity contribution in [1.82, 2.24) is 34.6 Å². The van der Waals surface area contributed by atoms with Crippen molar-refractivity contribution in [3.8, 4) is 5.69 Å². The zero-order valence-electron chi connectivity index (χ0n) is 11.7. The minimum Gasteiger partial charge on any atom is -0.306 e. The summed E-state index contributed by atoms with van der Waals surface area (Å²) in [6, 6.07) is 8.77. The zero-order chi connectivity index (χ0) is 15.6. The van der Waals surface area contributed by atoms with Gasteiger partial charge in [0, 0.05) is 6.20 Å². The molecule has 1 amide bonds. The number of aromatic nitrogens is 7. The maximum absolute atomic E-state index is 12.6. The van der Waals surface area contributed by atoms with E-state index in [4.69, 9.17) is 0 Å². The summed E-state index contributed by atoms with van der Waals surface area (Å²) in [7, 11) is 0. The topological polar surface area (TPSA) is 103 Å². The van der Waals surface area contributed by atoms with Crippen LogP contribution in [0.3, 0.4) is 0 Å². The Labute approximate surface area is 129 Å². The second-order valence-electron chi connectivity index (χ2n) is 4.62. The third-order valence-electron chi connectivity index (χ3n) is 3.24. The Morgan fingerprint density at radius 2 is 2.00 bits per heavy atom. The number of benzene rings is 1. The first-order chi connectivity index (χ1) is 11.3. The molecule has 23 heavy (non-hydrogen) atoms. The fourth-order valence-corrected chi connectivity index (χ4v) is 2.22. The van der Waals surface area contributed by atoms with Gasteiger partial charge in [-0.05, 0) is 18.2 Å². The summed E-state index contributed by atoms with van der Waals surface area (Å²) in [5.41, 5.74) is 1.09. The number of amides is 1. The predicted octanol–water partition coefficient (Wildman–Crippen LogP) is 0.957. The quantitative estimate of drug-likeness (QED) is 0.604. The van der Waals surface area contributed by atoms with E-state index in [0.717, 1.165) is 0 Å². The Bertz CT molecular complexity index is 975. The van der Waals surface area contributed by atoms with Gasteiger partial charge in [0.25, 0.3) is 11.7 Å². The Morgan fingerprint density at radius 1 is 1.09 bits per heavy atom. The van der Waals surface area contributed by atoms with Crippen molar-refractivity contribution in [3.05, 3.63) is 60.8 Å². The van der Waals surface area contributed by atoms with Crippen LogP contribution in [0.1, 0.15) is 10.4 Å². The van der Waals surface area contributed by atoms with Crippen LogP contribution in [0.15, 0.2) is 55.2 Å². The van der Waals surface area contributed by atoms with Crippen LogP contribution in [-0.2, 0) is 0 Å². The zero-order valence-corrected chi connectivity index (χ0v) is 11.7. The lowest BCUT2D eigenvalue weighted by molar-refractivity contribution is 0.102. The molecule has 3 heterocycles. The largest absolute Gasteiger partial charge is 0.306 e. The van der Waals surface area contributed by atoms with Gasteiger partial charge in [0.2, 0.25) is 0 Å². The summed E-state index contributed by atoms with van der Waals surface area (Å²) in [6.07, 6.45) is 6.16. The van der Waals surface area contributed by atoms with Gasteiger partial charge in [0.1, 0.15) is 12.1 Å². The molecular weight excluding hydrogens is 296 g/mol. The monoisotopic (exact) mass is 306 g/mol. The van der Waals surface area contributed by atoms with Crippen LogP contribution in [0.2, 0.25) is 0 Å². The van der Waals surface area contributed by atoms with Crippen molar-refractivity contribution in [2.24, 2.45) is 0 Å². The maximum atomic E-state index is 12.6. The van der Waals surface area contributed by atoms with Gasteiger partial charge in [-0.1, -0.05) is 17.3 Å². The van der Waals surface area contributed by atoms with E-state index < -0.39 is 0 Å². The number of nitrogens with zero attached hydrogens (tertiary/aromatic N) is 7. The van der Waals surface area contributed by atoms with Gasteiger partial charge < -0.3 is 5.32 Å².